The summed E-state index contributed by atoms with van der Waals surface area (Å²) in [5.41, 5.74) is 1.19. The molecule has 25 heavy (non-hydrogen) atoms. The van der Waals surface area contributed by atoms with Crippen LogP contribution < -0.4 is 5.32 Å². The lowest BCUT2D eigenvalue weighted by atomic mass is 10.1. The Morgan fingerprint density at radius 2 is 2.00 bits per heavy atom. The molecule has 3 rings (SSSR count). The quantitative estimate of drug-likeness (QED) is 0.617. The lowest BCUT2D eigenvalue weighted by Crippen LogP contribution is -2.17. The topological polar surface area (TPSA) is 83.7 Å². The fourth-order valence-electron chi connectivity index (χ4n) is 2.44. The third kappa shape index (κ3) is 3.35. The number of fused-ring (bicyclic) bond motifs is 1. The van der Waals surface area contributed by atoms with Gasteiger partial charge in [0.2, 0.25) is 0 Å². The molecule has 0 saturated heterocycles. The molecule has 0 bridgehead atoms. The summed E-state index contributed by atoms with van der Waals surface area (Å²) in [5.74, 6) is -1.68. The van der Waals surface area contributed by atoms with Gasteiger partial charge in [0.1, 0.15) is 5.69 Å². The maximum Gasteiger partial charge on any atom is 0.337 e. The van der Waals surface area contributed by atoms with Gasteiger partial charge < -0.3 is 10.4 Å². The van der Waals surface area contributed by atoms with Gasteiger partial charge in [0.05, 0.1) is 27.0 Å². The summed E-state index contributed by atoms with van der Waals surface area (Å²) in [6.07, 6.45) is 1.53. The van der Waals surface area contributed by atoms with Gasteiger partial charge in [0.15, 0.2) is 5.65 Å². The van der Waals surface area contributed by atoms with E-state index in [-0.39, 0.29) is 16.9 Å². The van der Waals surface area contributed by atoms with E-state index >= 15 is 0 Å². The van der Waals surface area contributed by atoms with Gasteiger partial charge in [0, 0.05) is 10.7 Å². The summed E-state index contributed by atoms with van der Waals surface area (Å²) < 4.78 is 2.07. The van der Waals surface area contributed by atoms with E-state index in [4.69, 9.17) is 23.2 Å². The minimum Gasteiger partial charge on any atom is -0.478 e. The Bertz CT molecular complexity index is 1030. The van der Waals surface area contributed by atoms with Crippen molar-refractivity contribution in [3.8, 4) is 0 Å². The van der Waals surface area contributed by atoms with Crippen LogP contribution in [0, 0.1) is 6.92 Å². The molecule has 0 aliphatic carbocycles. The average molecular weight is 443 g/mol. The van der Waals surface area contributed by atoms with Crippen LogP contribution in [0.4, 0.5) is 5.69 Å². The van der Waals surface area contributed by atoms with Crippen LogP contribution >= 0.6 is 39.1 Å². The van der Waals surface area contributed by atoms with Crippen LogP contribution in [0.3, 0.4) is 0 Å². The number of hydrogen-bond donors (Lipinski definition) is 2. The molecule has 2 N–H and O–H groups in total. The standard InChI is InChI=1S/C16H10BrCl2N3O3/c1-7-13(22-6-9(18)5-11(19)14(22)20-7)15(23)21-12-3-2-8(17)4-10(12)16(24)25/h2-6H,1H3,(H,21,23)(H,24,25). The molecule has 3 aromatic rings. The van der Waals surface area contributed by atoms with Gasteiger partial charge in [-0.3, -0.25) is 9.20 Å². The Labute approximate surface area is 160 Å². The molecule has 128 valence electrons. The van der Waals surface area contributed by atoms with Crippen LogP contribution in [-0.4, -0.2) is 26.4 Å². The highest BCUT2D eigenvalue weighted by atomic mass is 79.9. The second kappa shape index (κ2) is 6.67. The van der Waals surface area contributed by atoms with Gasteiger partial charge in [-0.1, -0.05) is 39.1 Å². The Balaban J connectivity index is 2.07. The second-order valence-electron chi connectivity index (χ2n) is 5.19. The van der Waals surface area contributed by atoms with Crippen molar-refractivity contribution in [2.24, 2.45) is 0 Å². The summed E-state index contributed by atoms with van der Waals surface area (Å²) in [6.45, 7) is 1.66. The number of carbonyl (C=O) groups is 2. The molecule has 0 saturated carbocycles. The van der Waals surface area contributed by atoms with Gasteiger partial charge in [-0.05, 0) is 31.2 Å². The predicted octanol–water partition coefficient (Wildman–Crippen LogP) is 4.66. The first kappa shape index (κ1) is 17.7. The van der Waals surface area contributed by atoms with Crippen molar-refractivity contribution >= 4 is 62.3 Å². The number of anilines is 1. The molecule has 0 radical (unpaired) electrons. The summed E-state index contributed by atoms with van der Waals surface area (Å²) in [6, 6.07) is 6.08. The van der Waals surface area contributed by atoms with Crippen LogP contribution in [0.5, 0.6) is 0 Å². The van der Waals surface area contributed by atoms with Crippen molar-refractivity contribution in [2.45, 2.75) is 6.92 Å². The number of rotatable bonds is 3. The number of benzene rings is 1. The summed E-state index contributed by atoms with van der Waals surface area (Å²) in [7, 11) is 0. The zero-order valence-corrected chi connectivity index (χ0v) is 15.8. The summed E-state index contributed by atoms with van der Waals surface area (Å²) in [5, 5.41) is 12.6. The maximum absolute atomic E-state index is 12.7. The maximum atomic E-state index is 12.7. The fourth-order valence-corrected chi connectivity index (χ4v) is 3.32. The van der Waals surface area contributed by atoms with E-state index in [0.29, 0.717) is 25.9 Å². The highest BCUT2D eigenvalue weighted by Crippen LogP contribution is 2.26. The molecule has 0 unspecified atom stereocenters. The van der Waals surface area contributed by atoms with E-state index in [0.717, 1.165) is 0 Å². The fraction of sp³-hybridized carbons (Fsp3) is 0.0625. The Hall–Kier alpha value is -2.09. The number of carboxylic acids is 1. The molecule has 0 fully saturated rings. The minimum absolute atomic E-state index is 0.0368. The lowest BCUT2D eigenvalue weighted by Gasteiger charge is -2.10. The normalized spacial score (nSPS) is 10.9. The second-order valence-corrected chi connectivity index (χ2v) is 6.95. The van der Waals surface area contributed by atoms with Gasteiger partial charge in [-0.15, -0.1) is 0 Å². The molecular weight excluding hydrogens is 433 g/mol. The van der Waals surface area contributed by atoms with Crippen LogP contribution in [0.2, 0.25) is 10.0 Å². The third-order valence-corrected chi connectivity index (χ3v) is 4.47. The number of carboxylic acid groups (broad SMARTS) is 1. The number of aromatic carboxylic acids is 1. The Kier molecular flexibility index (Phi) is 4.73. The largest absolute Gasteiger partial charge is 0.478 e. The number of amides is 1. The van der Waals surface area contributed by atoms with Gasteiger partial charge in [-0.25, -0.2) is 9.78 Å². The number of nitrogens with one attached hydrogen (secondary N) is 1. The summed E-state index contributed by atoms with van der Waals surface area (Å²) in [4.78, 5) is 28.4. The van der Waals surface area contributed by atoms with Crippen LogP contribution in [0.15, 0.2) is 34.9 Å². The van der Waals surface area contributed by atoms with E-state index in [2.05, 4.69) is 26.2 Å². The zero-order chi connectivity index (χ0) is 18.3. The minimum atomic E-state index is -1.16. The SMILES string of the molecule is Cc1nc2c(Cl)cc(Cl)cn2c1C(=O)Nc1ccc(Br)cc1C(=O)O. The average Bonchev–Trinajstić information content (AvgIpc) is 2.85. The molecule has 9 heteroatoms. The molecule has 0 aliphatic rings. The molecule has 0 aliphatic heterocycles. The predicted molar refractivity (Wildman–Crippen MR) is 99.0 cm³/mol. The molecule has 2 heterocycles. The number of aryl methyl sites for hydroxylation is 1. The molecule has 1 amide bonds. The lowest BCUT2D eigenvalue weighted by molar-refractivity contribution is 0.0698. The van der Waals surface area contributed by atoms with Crippen molar-refractivity contribution in [3.63, 3.8) is 0 Å². The van der Waals surface area contributed by atoms with Crippen molar-refractivity contribution in [3.05, 3.63) is 61.9 Å². The highest BCUT2D eigenvalue weighted by Gasteiger charge is 2.21. The molecule has 1 aromatic carbocycles. The molecule has 0 spiro atoms. The van der Waals surface area contributed by atoms with E-state index < -0.39 is 11.9 Å². The van der Waals surface area contributed by atoms with Crippen molar-refractivity contribution in [1.29, 1.82) is 0 Å². The van der Waals surface area contributed by atoms with Gasteiger partial charge in [-0.2, -0.15) is 0 Å². The number of aromatic nitrogens is 2. The first-order valence-electron chi connectivity index (χ1n) is 6.96. The van der Waals surface area contributed by atoms with Crippen molar-refractivity contribution in [1.82, 2.24) is 9.38 Å². The Morgan fingerprint density at radius 3 is 2.68 bits per heavy atom. The number of hydrogen-bond acceptors (Lipinski definition) is 3. The monoisotopic (exact) mass is 441 g/mol. The molecule has 2 aromatic heterocycles. The molecule has 0 atom stereocenters. The third-order valence-electron chi connectivity index (χ3n) is 3.49. The molecular formula is C16H10BrCl2N3O3. The van der Waals surface area contributed by atoms with Crippen LogP contribution in [-0.2, 0) is 0 Å². The van der Waals surface area contributed by atoms with E-state index in [1.165, 1.54) is 28.8 Å². The van der Waals surface area contributed by atoms with Crippen molar-refractivity contribution < 1.29 is 14.7 Å². The van der Waals surface area contributed by atoms with Gasteiger partial charge >= 0.3 is 5.97 Å². The van der Waals surface area contributed by atoms with Crippen LogP contribution in [0.25, 0.3) is 5.65 Å². The number of nitrogens with zero attached hydrogens (tertiary/aromatic N) is 2. The first-order chi connectivity index (χ1) is 11.8. The Morgan fingerprint density at radius 1 is 1.28 bits per heavy atom. The zero-order valence-electron chi connectivity index (χ0n) is 12.7. The highest BCUT2D eigenvalue weighted by molar-refractivity contribution is 9.10. The smallest absolute Gasteiger partial charge is 0.337 e. The van der Waals surface area contributed by atoms with E-state index in [9.17, 15) is 14.7 Å². The number of imidazole rings is 1. The van der Waals surface area contributed by atoms with E-state index in [1.54, 1.807) is 13.0 Å². The van der Waals surface area contributed by atoms with Crippen molar-refractivity contribution in [2.75, 3.05) is 5.32 Å². The summed E-state index contributed by atoms with van der Waals surface area (Å²) >= 11 is 15.3. The number of carbonyl (C=O) groups excluding carboxylic acids is 1. The first-order valence-corrected chi connectivity index (χ1v) is 8.50. The van der Waals surface area contributed by atoms with Crippen LogP contribution in [0.1, 0.15) is 26.5 Å². The number of pyridine rings is 1. The van der Waals surface area contributed by atoms with Gasteiger partial charge in [0.25, 0.3) is 5.91 Å². The molecule has 6 nitrogen and oxygen atoms in total. The number of halogens is 3. The van der Waals surface area contributed by atoms with E-state index in [1.807, 2.05) is 0 Å².